The number of aromatic hydroxyl groups is 1. The van der Waals surface area contributed by atoms with E-state index in [-0.39, 0.29) is 24.9 Å². The molecule has 0 atom stereocenters. The number of para-hydroxylation sites is 2. The molecule has 0 radical (unpaired) electrons. The van der Waals surface area contributed by atoms with Crippen molar-refractivity contribution in [2.24, 2.45) is 4.99 Å². The second kappa shape index (κ2) is 8.57. The van der Waals surface area contributed by atoms with E-state index in [0.717, 1.165) is 10.7 Å². The fraction of sp³-hybridized carbons (Fsp3) is 0.273. The van der Waals surface area contributed by atoms with Gasteiger partial charge in [-0.15, -0.1) is 0 Å². The highest BCUT2D eigenvalue weighted by Gasteiger charge is 2.27. The van der Waals surface area contributed by atoms with Gasteiger partial charge in [-0.25, -0.2) is 4.99 Å². The van der Waals surface area contributed by atoms with Gasteiger partial charge in [0, 0.05) is 17.1 Å². The molecule has 7 nitrogen and oxygen atoms in total. The van der Waals surface area contributed by atoms with Crippen LogP contribution in [-0.4, -0.2) is 53.7 Å². The highest BCUT2D eigenvalue weighted by Crippen LogP contribution is 2.36. The van der Waals surface area contributed by atoms with Crippen LogP contribution in [0, 0.1) is 0 Å². The number of benzene rings is 2. The molecule has 2 heterocycles. The molecular weight excluding hydrogens is 372 g/mol. The number of carbonyl (C=O) groups excluding carboxylic acids is 1. The van der Waals surface area contributed by atoms with Crippen LogP contribution in [0.2, 0.25) is 0 Å². The van der Waals surface area contributed by atoms with Crippen molar-refractivity contribution in [2.75, 3.05) is 33.0 Å². The number of rotatable bonds is 9. The number of aromatic nitrogens is 1. The van der Waals surface area contributed by atoms with Gasteiger partial charge in [0.05, 0.1) is 55.2 Å². The highest BCUT2D eigenvalue weighted by atomic mass is 16.5. The molecule has 1 aliphatic rings. The molecule has 0 bridgehead atoms. The molecule has 0 fully saturated rings. The fourth-order valence-corrected chi connectivity index (χ4v) is 3.60. The van der Waals surface area contributed by atoms with E-state index in [1.807, 2.05) is 47.0 Å². The first kappa shape index (κ1) is 19.3. The standard InChI is InChI=1S/C22H22N2O5/c25-10-12-29-14-13-28-11-9-24-18-8-4-2-6-16(18)21(26)20(24)19-15-5-1-3-7-17(15)23-22(19)27/h1-8,25-26H,9-14H2. The van der Waals surface area contributed by atoms with Gasteiger partial charge in [0.25, 0.3) is 5.91 Å². The maximum absolute atomic E-state index is 12.7. The summed E-state index contributed by atoms with van der Waals surface area (Å²) in [4.78, 5) is 16.8. The fourth-order valence-electron chi connectivity index (χ4n) is 3.60. The average molecular weight is 394 g/mol. The SMILES string of the molecule is O=C1N=c2ccccc2=C1c1c(O)c2ccccc2n1CCOCCOCCO. The molecule has 1 amide bonds. The quantitative estimate of drug-likeness (QED) is 0.522. The molecule has 0 saturated heterocycles. The van der Waals surface area contributed by atoms with Gasteiger partial charge in [-0.1, -0.05) is 30.3 Å². The van der Waals surface area contributed by atoms with Gasteiger partial charge < -0.3 is 24.3 Å². The first-order valence-corrected chi connectivity index (χ1v) is 9.51. The minimum Gasteiger partial charge on any atom is -0.505 e. The third-order valence-corrected chi connectivity index (χ3v) is 4.86. The van der Waals surface area contributed by atoms with Crippen LogP contribution in [0.15, 0.2) is 53.5 Å². The second-order valence-corrected chi connectivity index (χ2v) is 6.62. The Morgan fingerprint density at radius 2 is 1.66 bits per heavy atom. The monoisotopic (exact) mass is 394 g/mol. The van der Waals surface area contributed by atoms with E-state index < -0.39 is 0 Å². The van der Waals surface area contributed by atoms with E-state index in [9.17, 15) is 9.90 Å². The zero-order valence-corrected chi connectivity index (χ0v) is 15.9. The molecule has 1 aliphatic heterocycles. The summed E-state index contributed by atoms with van der Waals surface area (Å²) in [5.74, 6) is -0.286. The largest absolute Gasteiger partial charge is 0.505 e. The van der Waals surface area contributed by atoms with Crippen LogP contribution < -0.4 is 10.6 Å². The Morgan fingerprint density at radius 1 is 0.931 bits per heavy atom. The Morgan fingerprint density at radius 3 is 2.48 bits per heavy atom. The number of carbonyl (C=O) groups is 1. The molecule has 29 heavy (non-hydrogen) atoms. The van der Waals surface area contributed by atoms with Crippen LogP contribution in [0.1, 0.15) is 5.69 Å². The Balaban J connectivity index is 1.70. The number of aliphatic hydroxyl groups excluding tert-OH is 1. The Kier molecular flexibility index (Phi) is 5.71. The van der Waals surface area contributed by atoms with Crippen molar-refractivity contribution in [1.29, 1.82) is 0 Å². The number of amides is 1. The average Bonchev–Trinajstić information content (AvgIpc) is 3.21. The van der Waals surface area contributed by atoms with Crippen molar-refractivity contribution in [3.63, 3.8) is 0 Å². The summed E-state index contributed by atoms with van der Waals surface area (Å²) in [5, 5.41) is 21.7. The second-order valence-electron chi connectivity index (χ2n) is 6.62. The van der Waals surface area contributed by atoms with Crippen LogP contribution in [0.3, 0.4) is 0 Å². The molecule has 2 aromatic carbocycles. The topological polar surface area (TPSA) is 93.3 Å². The summed E-state index contributed by atoms with van der Waals surface area (Å²) in [6.07, 6.45) is 0. The van der Waals surface area contributed by atoms with Crippen molar-refractivity contribution in [2.45, 2.75) is 6.54 Å². The maximum Gasteiger partial charge on any atom is 0.280 e. The Labute approximate surface area is 167 Å². The minimum absolute atomic E-state index is 0.0167. The van der Waals surface area contributed by atoms with Crippen molar-refractivity contribution in [3.8, 4) is 5.75 Å². The summed E-state index contributed by atoms with van der Waals surface area (Å²) < 4.78 is 12.7. The molecule has 150 valence electrons. The molecule has 2 N–H and O–H groups in total. The van der Waals surface area contributed by atoms with Gasteiger partial charge in [-0.05, 0) is 18.2 Å². The van der Waals surface area contributed by atoms with Crippen LogP contribution >= 0.6 is 0 Å². The van der Waals surface area contributed by atoms with Gasteiger partial charge in [0.2, 0.25) is 0 Å². The normalized spacial score (nSPS) is 13.1. The van der Waals surface area contributed by atoms with Crippen LogP contribution in [0.25, 0.3) is 16.5 Å². The molecule has 3 aromatic rings. The molecule has 0 saturated carbocycles. The van der Waals surface area contributed by atoms with Crippen molar-refractivity contribution in [1.82, 2.24) is 4.57 Å². The van der Waals surface area contributed by atoms with Gasteiger partial charge in [0.15, 0.2) is 0 Å². The summed E-state index contributed by atoms with van der Waals surface area (Å²) in [7, 11) is 0. The van der Waals surface area contributed by atoms with Crippen molar-refractivity contribution in [3.05, 3.63) is 64.8 Å². The zero-order chi connectivity index (χ0) is 20.2. The lowest BCUT2D eigenvalue weighted by atomic mass is 10.1. The van der Waals surface area contributed by atoms with Crippen LogP contribution in [0.5, 0.6) is 5.75 Å². The highest BCUT2D eigenvalue weighted by molar-refractivity contribution is 6.22. The summed E-state index contributed by atoms with van der Waals surface area (Å²) in [5.41, 5.74) is 1.69. The Bertz CT molecular complexity index is 1170. The summed E-state index contributed by atoms with van der Waals surface area (Å²) in [6.45, 7) is 1.90. The molecule has 4 rings (SSSR count). The molecule has 1 aromatic heterocycles. The minimum atomic E-state index is -0.358. The van der Waals surface area contributed by atoms with E-state index in [0.29, 0.717) is 48.4 Å². The third kappa shape index (κ3) is 3.67. The predicted molar refractivity (Wildman–Crippen MR) is 107 cm³/mol. The van der Waals surface area contributed by atoms with E-state index in [1.54, 1.807) is 6.07 Å². The van der Waals surface area contributed by atoms with E-state index >= 15 is 0 Å². The lowest BCUT2D eigenvalue weighted by Gasteiger charge is -2.12. The molecule has 0 spiro atoms. The van der Waals surface area contributed by atoms with Crippen LogP contribution in [-0.2, 0) is 20.8 Å². The van der Waals surface area contributed by atoms with Crippen molar-refractivity contribution >= 4 is 22.4 Å². The molecule has 7 heteroatoms. The van der Waals surface area contributed by atoms with Crippen molar-refractivity contribution < 1.29 is 24.5 Å². The van der Waals surface area contributed by atoms with Gasteiger partial charge in [-0.3, -0.25) is 4.79 Å². The molecule has 0 aliphatic carbocycles. The predicted octanol–water partition coefficient (Wildman–Crippen LogP) is 0.731. The van der Waals surface area contributed by atoms with Gasteiger partial charge in [-0.2, -0.15) is 0 Å². The molecule has 0 unspecified atom stereocenters. The zero-order valence-electron chi connectivity index (χ0n) is 15.9. The number of fused-ring (bicyclic) bond motifs is 2. The summed E-state index contributed by atoms with van der Waals surface area (Å²) in [6, 6.07) is 14.8. The van der Waals surface area contributed by atoms with Gasteiger partial charge in [0.1, 0.15) is 5.75 Å². The number of nitrogens with zero attached hydrogens (tertiary/aromatic N) is 2. The number of aliphatic hydroxyl groups is 1. The number of ether oxygens (including phenoxy) is 2. The van der Waals surface area contributed by atoms with E-state index in [1.165, 1.54) is 0 Å². The van der Waals surface area contributed by atoms with E-state index in [4.69, 9.17) is 14.6 Å². The van der Waals surface area contributed by atoms with Crippen LogP contribution in [0.4, 0.5) is 0 Å². The first-order valence-electron chi connectivity index (χ1n) is 9.51. The third-order valence-electron chi connectivity index (χ3n) is 4.86. The number of hydrogen-bond donors (Lipinski definition) is 2. The Hall–Kier alpha value is -3.00. The summed E-state index contributed by atoms with van der Waals surface area (Å²) >= 11 is 0. The molecular formula is C22H22N2O5. The first-order chi connectivity index (χ1) is 14.2. The van der Waals surface area contributed by atoms with E-state index in [2.05, 4.69) is 4.99 Å². The number of hydrogen-bond acceptors (Lipinski definition) is 5. The lowest BCUT2D eigenvalue weighted by Crippen LogP contribution is -2.23. The van der Waals surface area contributed by atoms with Gasteiger partial charge >= 0.3 is 0 Å². The maximum atomic E-state index is 12.7. The lowest BCUT2D eigenvalue weighted by molar-refractivity contribution is -0.112. The smallest absolute Gasteiger partial charge is 0.280 e.